The molecule has 0 radical (unpaired) electrons. The molecule has 100 valence electrons. The second kappa shape index (κ2) is 5.75. The summed E-state index contributed by atoms with van der Waals surface area (Å²) in [5, 5.41) is 0. The summed E-state index contributed by atoms with van der Waals surface area (Å²) < 4.78 is 0. The van der Waals surface area contributed by atoms with Crippen LogP contribution in [0, 0.1) is 11.8 Å². The molecule has 0 aliphatic carbocycles. The van der Waals surface area contributed by atoms with E-state index in [1.165, 1.54) is 30.8 Å². The third-order valence-corrected chi connectivity index (χ3v) is 4.19. The molecule has 2 rings (SSSR count). The first kappa shape index (κ1) is 13.4. The number of nitrogens with zero attached hydrogens (tertiary/aromatic N) is 1. The number of piperidine rings is 1. The fraction of sp³-hybridized carbons (Fsp3) is 0.625. The molecule has 1 saturated heterocycles. The van der Waals surface area contributed by atoms with E-state index >= 15 is 0 Å². The summed E-state index contributed by atoms with van der Waals surface area (Å²) >= 11 is 0. The summed E-state index contributed by atoms with van der Waals surface area (Å²) in [5.74, 6) is 1.65. The highest BCUT2D eigenvalue weighted by Gasteiger charge is 2.22. The zero-order chi connectivity index (χ0) is 13.1. The Hall–Kier alpha value is -1.02. The topological polar surface area (TPSA) is 29.3 Å². The van der Waals surface area contributed by atoms with Gasteiger partial charge in [0, 0.05) is 24.8 Å². The van der Waals surface area contributed by atoms with Crippen LogP contribution in [0.3, 0.4) is 0 Å². The molecule has 0 amide bonds. The molecule has 1 aromatic carbocycles. The molecule has 1 heterocycles. The average molecular weight is 246 g/mol. The molecule has 2 heteroatoms. The van der Waals surface area contributed by atoms with Gasteiger partial charge in [0.2, 0.25) is 0 Å². The molecule has 18 heavy (non-hydrogen) atoms. The molecular weight excluding hydrogens is 220 g/mol. The van der Waals surface area contributed by atoms with Crippen molar-refractivity contribution in [3.05, 3.63) is 29.8 Å². The van der Waals surface area contributed by atoms with Crippen molar-refractivity contribution in [2.45, 2.75) is 39.7 Å². The number of hydrogen-bond donors (Lipinski definition) is 1. The molecular formula is C16H26N2. The van der Waals surface area contributed by atoms with Gasteiger partial charge in [0.15, 0.2) is 0 Å². The Morgan fingerprint density at radius 2 is 1.89 bits per heavy atom. The zero-order valence-corrected chi connectivity index (χ0v) is 11.9. The molecule has 0 aromatic heterocycles. The maximum absolute atomic E-state index is 5.83. The molecule has 2 N–H and O–H groups in total. The first-order chi connectivity index (χ1) is 8.56. The van der Waals surface area contributed by atoms with Crippen LogP contribution < -0.4 is 10.6 Å². The molecule has 0 bridgehead atoms. The Kier molecular flexibility index (Phi) is 4.28. The quantitative estimate of drug-likeness (QED) is 0.888. The van der Waals surface area contributed by atoms with Crippen LogP contribution in [0.25, 0.3) is 0 Å². The minimum absolute atomic E-state index is 0.242. The largest absolute Gasteiger partial charge is 0.371 e. The standard InChI is InChI=1S/C16H26N2/c1-12-8-9-18(11-13(12)2)16-6-4-15(5-7-16)10-14(3)17/h4-7,12-14H,8-11,17H2,1-3H3. The minimum atomic E-state index is 0.242. The number of nitrogens with two attached hydrogens (primary N) is 1. The van der Waals surface area contributed by atoms with Crippen LogP contribution in [-0.4, -0.2) is 19.1 Å². The van der Waals surface area contributed by atoms with Gasteiger partial charge in [-0.15, -0.1) is 0 Å². The normalized spacial score (nSPS) is 26.1. The number of rotatable bonds is 3. The molecule has 0 saturated carbocycles. The second-order valence-corrected chi connectivity index (χ2v) is 6.04. The number of hydrogen-bond acceptors (Lipinski definition) is 2. The Morgan fingerprint density at radius 3 is 2.44 bits per heavy atom. The lowest BCUT2D eigenvalue weighted by Gasteiger charge is -2.36. The lowest BCUT2D eigenvalue weighted by Crippen LogP contribution is -2.38. The molecule has 3 unspecified atom stereocenters. The van der Waals surface area contributed by atoms with Gasteiger partial charge in [0.05, 0.1) is 0 Å². The van der Waals surface area contributed by atoms with Crippen LogP contribution in [-0.2, 0) is 6.42 Å². The molecule has 0 spiro atoms. The van der Waals surface area contributed by atoms with Crippen molar-refractivity contribution in [2.24, 2.45) is 17.6 Å². The lowest BCUT2D eigenvalue weighted by atomic mass is 9.88. The van der Waals surface area contributed by atoms with Gasteiger partial charge in [-0.1, -0.05) is 26.0 Å². The Morgan fingerprint density at radius 1 is 1.22 bits per heavy atom. The van der Waals surface area contributed by atoms with Gasteiger partial charge >= 0.3 is 0 Å². The fourth-order valence-electron chi connectivity index (χ4n) is 2.71. The van der Waals surface area contributed by atoms with Crippen LogP contribution in [0.5, 0.6) is 0 Å². The second-order valence-electron chi connectivity index (χ2n) is 6.04. The van der Waals surface area contributed by atoms with Gasteiger partial charge < -0.3 is 10.6 Å². The molecule has 1 fully saturated rings. The average Bonchev–Trinajstić information content (AvgIpc) is 2.33. The molecule has 3 atom stereocenters. The maximum atomic E-state index is 5.83. The van der Waals surface area contributed by atoms with Gasteiger partial charge in [-0.25, -0.2) is 0 Å². The Labute approximate surface area is 111 Å². The van der Waals surface area contributed by atoms with Gasteiger partial charge in [0.25, 0.3) is 0 Å². The van der Waals surface area contributed by atoms with E-state index in [9.17, 15) is 0 Å². The predicted molar refractivity (Wildman–Crippen MR) is 79.0 cm³/mol. The predicted octanol–water partition coefficient (Wildman–Crippen LogP) is 3.06. The summed E-state index contributed by atoms with van der Waals surface area (Å²) in [4.78, 5) is 2.51. The first-order valence-electron chi connectivity index (χ1n) is 7.15. The smallest absolute Gasteiger partial charge is 0.0366 e. The van der Waals surface area contributed by atoms with Crippen molar-refractivity contribution in [1.82, 2.24) is 0 Å². The highest BCUT2D eigenvalue weighted by atomic mass is 15.1. The van der Waals surface area contributed by atoms with E-state index in [1.807, 2.05) is 0 Å². The third-order valence-electron chi connectivity index (χ3n) is 4.19. The van der Waals surface area contributed by atoms with Gasteiger partial charge in [0.1, 0.15) is 0 Å². The Bertz CT molecular complexity index is 369. The summed E-state index contributed by atoms with van der Waals surface area (Å²) in [6.07, 6.45) is 2.27. The van der Waals surface area contributed by atoms with E-state index in [1.54, 1.807) is 0 Å². The van der Waals surface area contributed by atoms with Crippen molar-refractivity contribution in [1.29, 1.82) is 0 Å². The summed E-state index contributed by atoms with van der Waals surface area (Å²) in [5.41, 5.74) is 8.53. The van der Waals surface area contributed by atoms with Crippen molar-refractivity contribution in [2.75, 3.05) is 18.0 Å². The first-order valence-corrected chi connectivity index (χ1v) is 7.15. The highest BCUT2D eigenvalue weighted by molar-refractivity contribution is 5.48. The van der Waals surface area contributed by atoms with E-state index in [2.05, 4.69) is 49.9 Å². The van der Waals surface area contributed by atoms with E-state index < -0.39 is 0 Å². The van der Waals surface area contributed by atoms with Crippen molar-refractivity contribution in [3.8, 4) is 0 Å². The van der Waals surface area contributed by atoms with E-state index in [0.717, 1.165) is 18.3 Å². The van der Waals surface area contributed by atoms with Gasteiger partial charge in [-0.2, -0.15) is 0 Å². The third kappa shape index (κ3) is 3.26. The van der Waals surface area contributed by atoms with E-state index in [-0.39, 0.29) is 6.04 Å². The van der Waals surface area contributed by atoms with E-state index in [4.69, 9.17) is 5.73 Å². The van der Waals surface area contributed by atoms with Crippen LogP contribution in [0.4, 0.5) is 5.69 Å². The molecule has 2 nitrogen and oxygen atoms in total. The van der Waals surface area contributed by atoms with E-state index in [0.29, 0.717) is 0 Å². The van der Waals surface area contributed by atoms with Crippen molar-refractivity contribution < 1.29 is 0 Å². The summed E-state index contributed by atoms with van der Waals surface area (Å²) in [7, 11) is 0. The number of anilines is 1. The van der Waals surface area contributed by atoms with Crippen LogP contribution in [0.15, 0.2) is 24.3 Å². The molecule has 1 aliphatic rings. The van der Waals surface area contributed by atoms with Crippen molar-refractivity contribution in [3.63, 3.8) is 0 Å². The highest BCUT2D eigenvalue weighted by Crippen LogP contribution is 2.27. The van der Waals surface area contributed by atoms with Gasteiger partial charge in [-0.3, -0.25) is 0 Å². The van der Waals surface area contributed by atoms with Crippen molar-refractivity contribution >= 4 is 5.69 Å². The maximum Gasteiger partial charge on any atom is 0.0366 e. The number of benzene rings is 1. The van der Waals surface area contributed by atoms with Gasteiger partial charge in [-0.05, 0) is 49.3 Å². The minimum Gasteiger partial charge on any atom is -0.371 e. The fourth-order valence-corrected chi connectivity index (χ4v) is 2.71. The molecule has 1 aromatic rings. The Balaban J connectivity index is 2.01. The lowest BCUT2D eigenvalue weighted by molar-refractivity contribution is 0.324. The monoisotopic (exact) mass is 246 g/mol. The van der Waals surface area contributed by atoms with Crippen LogP contribution in [0.1, 0.15) is 32.8 Å². The SMILES string of the molecule is CC(N)Cc1ccc(N2CCC(C)C(C)C2)cc1. The van der Waals surface area contributed by atoms with Crippen LogP contribution >= 0.6 is 0 Å². The molecule has 1 aliphatic heterocycles. The zero-order valence-electron chi connectivity index (χ0n) is 11.9. The summed E-state index contributed by atoms with van der Waals surface area (Å²) in [6.45, 7) is 9.17. The summed E-state index contributed by atoms with van der Waals surface area (Å²) in [6, 6.07) is 9.19. The van der Waals surface area contributed by atoms with Crippen LogP contribution in [0.2, 0.25) is 0 Å².